The third-order valence-corrected chi connectivity index (χ3v) is 4.18. The Morgan fingerprint density at radius 2 is 2.21 bits per heavy atom. The Morgan fingerprint density at radius 3 is 2.79 bits per heavy atom. The molecular formula is C14H20BrNO2S. The highest BCUT2D eigenvalue weighted by atomic mass is 79.9. The number of rotatable bonds is 7. The maximum Gasteiger partial charge on any atom is 0.315 e. The monoisotopic (exact) mass is 345 g/mol. The van der Waals surface area contributed by atoms with Crippen molar-refractivity contribution in [1.29, 1.82) is 0 Å². The zero-order valence-electron chi connectivity index (χ0n) is 11.5. The second kappa shape index (κ2) is 8.61. The number of benzene rings is 1. The number of nitrogens with one attached hydrogen (secondary N) is 1. The van der Waals surface area contributed by atoms with E-state index in [9.17, 15) is 4.79 Å². The van der Waals surface area contributed by atoms with Gasteiger partial charge in [-0.2, -0.15) is 0 Å². The quantitative estimate of drug-likeness (QED) is 0.606. The van der Waals surface area contributed by atoms with Gasteiger partial charge in [-0.25, -0.2) is 0 Å². The van der Waals surface area contributed by atoms with E-state index in [0.717, 1.165) is 22.5 Å². The average molecular weight is 346 g/mol. The van der Waals surface area contributed by atoms with Gasteiger partial charge in [0.05, 0.1) is 12.9 Å². The van der Waals surface area contributed by atoms with E-state index in [1.165, 1.54) is 24.4 Å². The topological polar surface area (TPSA) is 38.3 Å². The molecule has 0 radical (unpaired) electrons. The molecule has 0 spiro atoms. The van der Waals surface area contributed by atoms with Crippen LogP contribution in [0, 0.1) is 5.92 Å². The van der Waals surface area contributed by atoms with Crippen molar-refractivity contribution in [1.82, 2.24) is 5.32 Å². The molecule has 0 fully saturated rings. The maximum absolute atomic E-state index is 11.1. The van der Waals surface area contributed by atoms with Gasteiger partial charge in [-0.15, -0.1) is 11.8 Å². The van der Waals surface area contributed by atoms with Crippen LogP contribution in [-0.2, 0) is 16.1 Å². The van der Waals surface area contributed by atoms with Gasteiger partial charge >= 0.3 is 5.97 Å². The largest absolute Gasteiger partial charge is 0.468 e. The molecule has 3 nitrogen and oxygen atoms in total. The standard InChI is InChI=1S/C14H20BrNO2S/c1-10(2)7-16-8-11-4-5-12(6-13(11)15)19-9-14(17)18-3/h4-6,10,16H,7-9H2,1-3H3. The molecule has 106 valence electrons. The minimum absolute atomic E-state index is 0.205. The zero-order chi connectivity index (χ0) is 14.3. The molecule has 0 saturated heterocycles. The Bertz CT molecular complexity index is 424. The summed E-state index contributed by atoms with van der Waals surface area (Å²) in [6.45, 7) is 6.23. The summed E-state index contributed by atoms with van der Waals surface area (Å²) in [6.07, 6.45) is 0. The number of carbonyl (C=O) groups excluding carboxylic acids is 1. The lowest BCUT2D eigenvalue weighted by molar-refractivity contribution is -0.137. The molecule has 5 heteroatoms. The first-order chi connectivity index (χ1) is 9.02. The van der Waals surface area contributed by atoms with E-state index in [1.807, 2.05) is 12.1 Å². The number of thioether (sulfide) groups is 1. The summed E-state index contributed by atoms with van der Waals surface area (Å²) < 4.78 is 5.69. The van der Waals surface area contributed by atoms with Crippen molar-refractivity contribution in [2.75, 3.05) is 19.4 Å². The van der Waals surface area contributed by atoms with E-state index < -0.39 is 0 Å². The summed E-state index contributed by atoms with van der Waals surface area (Å²) in [6, 6.07) is 6.15. The second-order valence-electron chi connectivity index (χ2n) is 4.64. The van der Waals surface area contributed by atoms with Crippen molar-refractivity contribution >= 4 is 33.7 Å². The Morgan fingerprint density at radius 1 is 1.47 bits per heavy atom. The summed E-state index contributed by atoms with van der Waals surface area (Å²) in [7, 11) is 1.41. The highest BCUT2D eigenvalue weighted by molar-refractivity contribution is 9.10. The molecule has 1 aromatic rings. The first-order valence-electron chi connectivity index (χ1n) is 6.21. The number of hydrogen-bond donors (Lipinski definition) is 1. The molecule has 0 atom stereocenters. The van der Waals surface area contributed by atoms with Crippen molar-refractivity contribution in [3.05, 3.63) is 28.2 Å². The first kappa shape index (κ1) is 16.5. The molecule has 0 aromatic heterocycles. The van der Waals surface area contributed by atoms with E-state index in [-0.39, 0.29) is 5.97 Å². The van der Waals surface area contributed by atoms with Crippen LogP contribution in [0.1, 0.15) is 19.4 Å². The fraction of sp³-hybridized carbons (Fsp3) is 0.500. The van der Waals surface area contributed by atoms with Crippen LogP contribution < -0.4 is 5.32 Å². The van der Waals surface area contributed by atoms with Crippen LogP contribution in [0.15, 0.2) is 27.6 Å². The fourth-order valence-corrected chi connectivity index (χ4v) is 2.90. The SMILES string of the molecule is COC(=O)CSc1ccc(CNCC(C)C)c(Br)c1. The third-order valence-electron chi connectivity index (χ3n) is 2.48. The predicted molar refractivity (Wildman–Crippen MR) is 83.4 cm³/mol. The van der Waals surface area contributed by atoms with Gasteiger partial charge in [0.1, 0.15) is 0 Å². The minimum Gasteiger partial charge on any atom is -0.468 e. The smallest absolute Gasteiger partial charge is 0.315 e. The number of carbonyl (C=O) groups is 1. The summed E-state index contributed by atoms with van der Waals surface area (Å²) in [5, 5.41) is 3.41. The van der Waals surface area contributed by atoms with Gasteiger partial charge in [-0.05, 0) is 30.2 Å². The van der Waals surface area contributed by atoms with Crippen molar-refractivity contribution in [2.45, 2.75) is 25.3 Å². The summed E-state index contributed by atoms with van der Waals surface area (Å²) in [4.78, 5) is 12.1. The normalized spacial score (nSPS) is 10.8. The Kier molecular flexibility index (Phi) is 7.49. The van der Waals surface area contributed by atoms with Gasteiger partial charge in [0.2, 0.25) is 0 Å². The van der Waals surface area contributed by atoms with Crippen LogP contribution in [-0.4, -0.2) is 25.4 Å². The number of esters is 1. The van der Waals surface area contributed by atoms with Crippen molar-refractivity contribution in [3.63, 3.8) is 0 Å². The first-order valence-corrected chi connectivity index (χ1v) is 7.99. The van der Waals surface area contributed by atoms with E-state index >= 15 is 0 Å². The van der Waals surface area contributed by atoms with Gasteiger partial charge in [-0.1, -0.05) is 35.8 Å². The van der Waals surface area contributed by atoms with Gasteiger partial charge in [-0.3, -0.25) is 4.79 Å². The van der Waals surface area contributed by atoms with E-state index in [0.29, 0.717) is 11.7 Å². The third kappa shape index (κ3) is 6.45. The van der Waals surface area contributed by atoms with Gasteiger partial charge in [0.15, 0.2) is 0 Å². The molecule has 19 heavy (non-hydrogen) atoms. The van der Waals surface area contributed by atoms with Crippen LogP contribution in [0.25, 0.3) is 0 Å². The molecule has 0 aliphatic heterocycles. The summed E-state index contributed by atoms with van der Waals surface area (Å²) in [5.41, 5.74) is 1.23. The predicted octanol–water partition coefficient (Wildman–Crippen LogP) is 3.46. The van der Waals surface area contributed by atoms with E-state index in [1.54, 1.807) is 0 Å². The summed E-state index contributed by atoms with van der Waals surface area (Å²) >= 11 is 5.05. The maximum atomic E-state index is 11.1. The lowest BCUT2D eigenvalue weighted by atomic mass is 10.2. The molecule has 0 heterocycles. The summed E-state index contributed by atoms with van der Waals surface area (Å²) in [5.74, 6) is 0.783. The molecule has 0 unspecified atom stereocenters. The van der Waals surface area contributed by atoms with Crippen LogP contribution in [0.3, 0.4) is 0 Å². The molecule has 1 aromatic carbocycles. The Balaban J connectivity index is 2.51. The highest BCUT2D eigenvalue weighted by Gasteiger charge is 2.05. The van der Waals surface area contributed by atoms with Crippen LogP contribution in [0.2, 0.25) is 0 Å². The molecule has 0 saturated carbocycles. The minimum atomic E-state index is -0.205. The fourth-order valence-electron chi connectivity index (χ4n) is 1.46. The molecule has 1 N–H and O–H groups in total. The van der Waals surface area contributed by atoms with Crippen LogP contribution >= 0.6 is 27.7 Å². The van der Waals surface area contributed by atoms with Crippen molar-refractivity contribution < 1.29 is 9.53 Å². The van der Waals surface area contributed by atoms with Crippen molar-refractivity contribution in [2.24, 2.45) is 5.92 Å². The van der Waals surface area contributed by atoms with E-state index in [4.69, 9.17) is 0 Å². The number of halogens is 1. The number of methoxy groups -OCH3 is 1. The molecular weight excluding hydrogens is 326 g/mol. The van der Waals surface area contributed by atoms with Gasteiger partial charge in [0, 0.05) is 15.9 Å². The second-order valence-corrected chi connectivity index (χ2v) is 6.55. The van der Waals surface area contributed by atoms with Crippen LogP contribution in [0.5, 0.6) is 0 Å². The lowest BCUT2D eigenvalue weighted by Crippen LogP contribution is -2.19. The average Bonchev–Trinajstić information content (AvgIpc) is 2.37. The Labute approximate surface area is 127 Å². The van der Waals surface area contributed by atoms with Gasteiger partial charge < -0.3 is 10.1 Å². The Hall–Kier alpha value is -0.520. The highest BCUT2D eigenvalue weighted by Crippen LogP contribution is 2.25. The van der Waals surface area contributed by atoms with Crippen molar-refractivity contribution in [3.8, 4) is 0 Å². The molecule has 0 amide bonds. The van der Waals surface area contributed by atoms with Gasteiger partial charge in [0.25, 0.3) is 0 Å². The molecule has 1 rings (SSSR count). The number of ether oxygens (including phenoxy) is 1. The zero-order valence-corrected chi connectivity index (χ0v) is 13.9. The lowest BCUT2D eigenvalue weighted by Gasteiger charge is -2.10. The van der Waals surface area contributed by atoms with E-state index in [2.05, 4.69) is 45.9 Å². The molecule has 0 aliphatic carbocycles. The molecule has 0 aliphatic rings. The number of hydrogen-bond acceptors (Lipinski definition) is 4. The van der Waals surface area contributed by atoms with Crippen LogP contribution in [0.4, 0.5) is 0 Å². The molecule has 0 bridgehead atoms.